The molecule has 1 aromatic heterocycles. The summed E-state index contributed by atoms with van der Waals surface area (Å²) in [7, 11) is 0. The number of piperidine rings is 1. The first kappa shape index (κ1) is 16.1. The first-order chi connectivity index (χ1) is 12.2. The molecule has 4 heterocycles. The van der Waals surface area contributed by atoms with Crippen molar-refractivity contribution in [3.05, 3.63) is 48.2 Å². The molecule has 2 atom stereocenters. The predicted octanol–water partition coefficient (Wildman–Crippen LogP) is 3.37. The molecule has 0 spiro atoms. The van der Waals surface area contributed by atoms with Crippen LogP contribution in [0.3, 0.4) is 0 Å². The Bertz CT molecular complexity index is 765. The Morgan fingerprint density at radius 2 is 2.04 bits per heavy atom. The minimum atomic E-state index is 0.0211. The molecule has 130 valence electrons. The topological polar surface area (TPSA) is 48.5 Å². The van der Waals surface area contributed by atoms with Crippen LogP contribution in [-0.2, 0) is 0 Å². The summed E-state index contributed by atoms with van der Waals surface area (Å²) in [6, 6.07) is 12.6. The molecular weight excluding hydrogens is 312 g/mol. The number of likely N-dealkylation sites (N-methyl/N-ethyl adjacent to an activating group) is 1. The number of hydrogen-bond donors (Lipinski definition) is 1. The molecule has 1 N–H and O–H groups in total. The van der Waals surface area contributed by atoms with Crippen LogP contribution in [0.2, 0.25) is 0 Å². The lowest BCUT2D eigenvalue weighted by Crippen LogP contribution is -2.70. The molecule has 3 fully saturated rings. The number of piperazine rings is 1. The number of rotatable bonds is 3. The molecule has 3 aliphatic rings. The fraction of sp³-hybridized carbons (Fsp3) is 0.400. The zero-order valence-electron chi connectivity index (χ0n) is 14.8. The number of benzene rings is 1. The van der Waals surface area contributed by atoms with Gasteiger partial charge in [-0.2, -0.15) is 0 Å². The van der Waals surface area contributed by atoms with Crippen molar-refractivity contribution >= 4 is 11.7 Å². The number of nitrogens with zero attached hydrogens (tertiary/aromatic N) is 3. The number of aryl methyl sites for hydroxylation is 1. The highest BCUT2D eigenvalue weighted by molar-refractivity contribution is 5.91. The number of pyridine rings is 1. The zero-order chi connectivity index (χ0) is 17.4. The van der Waals surface area contributed by atoms with Crippen LogP contribution in [-0.4, -0.2) is 52.5 Å². The Balaban J connectivity index is 1.49. The molecule has 1 aromatic carbocycles. The maximum atomic E-state index is 12.7. The van der Waals surface area contributed by atoms with Gasteiger partial charge in [0.2, 0.25) is 0 Å². The van der Waals surface area contributed by atoms with E-state index in [0.717, 1.165) is 48.6 Å². The molecule has 3 saturated heterocycles. The van der Waals surface area contributed by atoms with E-state index >= 15 is 0 Å². The summed E-state index contributed by atoms with van der Waals surface area (Å²) in [4.78, 5) is 21.6. The van der Waals surface area contributed by atoms with E-state index in [1.54, 1.807) is 6.20 Å². The number of aromatic nitrogens is 1. The summed E-state index contributed by atoms with van der Waals surface area (Å²) in [6.07, 6.45) is 2.93. The van der Waals surface area contributed by atoms with Crippen LogP contribution >= 0.6 is 0 Å². The Morgan fingerprint density at radius 1 is 1.24 bits per heavy atom. The number of carbonyl (C=O) groups excluding carboxylic acids is 1. The molecule has 5 nitrogen and oxygen atoms in total. The van der Waals surface area contributed by atoms with Crippen LogP contribution in [0.5, 0.6) is 0 Å². The fourth-order valence-corrected chi connectivity index (χ4v) is 3.97. The quantitative estimate of drug-likeness (QED) is 0.935. The lowest BCUT2D eigenvalue weighted by atomic mass is 9.88. The van der Waals surface area contributed by atoms with Gasteiger partial charge in [-0.1, -0.05) is 19.1 Å². The molecule has 2 aromatic rings. The Labute approximate surface area is 148 Å². The number of anilines is 1. The smallest absolute Gasteiger partial charge is 0.316 e. The van der Waals surface area contributed by atoms with E-state index in [0.29, 0.717) is 12.1 Å². The maximum absolute atomic E-state index is 12.7. The van der Waals surface area contributed by atoms with Crippen molar-refractivity contribution in [3.8, 4) is 11.3 Å². The second-order valence-electron chi connectivity index (χ2n) is 6.98. The molecule has 0 saturated carbocycles. The highest BCUT2D eigenvalue weighted by Gasteiger charge is 2.46. The Hall–Kier alpha value is -2.40. The second kappa shape index (κ2) is 6.48. The van der Waals surface area contributed by atoms with Crippen LogP contribution in [0, 0.1) is 6.92 Å². The zero-order valence-corrected chi connectivity index (χ0v) is 14.8. The molecule has 3 aliphatic heterocycles. The van der Waals surface area contributed by atoms with Crippen LogP contribution in [0.4, 0.5) is 10.5 Å². The summed E-state index contributed by atoms with van der Waals surface area (Å²) in [5.41, 5.74) is 3.96. The van der Waals surface area contributed by atoms with Crippen molar-refractivity contribution < 1.29 is 4.79 Å². The van der Waals surface area contributed by atoms with Gasteiger partial charge in [-0.05, 0) is 49.7 Å². The number of carbonyl (C=O) groups is 1. The minimum absolute atomic E-state index is 0.0211. The third-order valence-corrected chi connectivity index (χ3v) is 5.38. The van der Waals surface area contributed by atoms with Crippen molar-refractivity contribution in [2.45, 2.75) is 32.4 Å². The van der Waals surface area contributed by atoms with Crippen molar-refractivity contribution in [2.24, 2.45) is 0 Å². The number of urea groups is 1. The fourth-order valence-electron chi connectivity index (χ4n) is 3.97. The summed E-state index contributed by atoms with van der Waals surface area (Å²) < 4.78 is 0. The van der Waals surface area contributed by atoms with Crippen molar-refractivity contribution in [1.29, 1.82) is 0 Å². The van der Waals surface area contributed by atoms with E-state index in [-0.39, 0.29) is 6.03 Å². The van der Waals surface area contributed by atoms with Crippen LogP contribution in [0.1, 0.15) is 18.9 Å². The van der Waals surface area contributed by atoms with Gasteiger partial charge in [0.1, 0.15) is 0 Å². The van der Waals surface area contributed by atoms with Gasteiger partial charge in [0.15, 0.2) is 0 Å². The minimum Gasteiger partial charge on any atom is -0.316 e. The van der Waals surface area contributed by atoms with Crippen LogP contribution in [0.15, 0.2) is 42.6 Å². The lowest BCUT2D eigenvalue weighted by Gasteiger charge is -2.56. The van der Waals surface area contributed by atoms with E-state index in [4.69, 9.17) is 0 Å². The van der Waals surface area contributed by atoms with Gasteiger partial charge in [-0.3, -0.25) is 9.88 Å². The summed E-state index contributed by atoms with van der Waals surface area (Å²) in [6.45, 7) is 7.30. The lowest BCUT2D eigenvalue weighted by molar-refractivity contribution is -0.0300. The van der Waals surface area contributed by atoms with Gasteiger partial charge in [0.05, 0.1) is 5.69 Å². The van der Waals surface area contributed by atoms with Gasteiger partial charge in [-0.25, -0.2) is 4.79 Å². The molecule has 25 heavy (non-hydrogen) atoms. The van der Waals surface area contributed by atoms with Crippen molar-refractivity contribution in [1.82, 2.24) is 14.8 Å². The first-order valence-corrected chi connectivity index (χ1v) is 8.99. The molecule has 5 heteroatoms. The summed E-state index contributed by atoms with van der Waals surface area (Å²) in [5.74, 6) is 0. The average molecular weight is 336 g/mol. The number of nitrogens with one attached hydrogen (secondary N) is 1. The molecule has 5 rings (SSSR count). The van der Waals surface area contributed by atoms with Gasteiger partial charge in [0, 0.05) is 42.6 Å². The third-order valence-electron chi connectivity index (χ3n) is 5.38. The SMILES string of the molecule is CCN1CC2CC(C1)N2C(=O)Nc1ccc(C)c(-c2ccccn2)c1. The average Bonchev–Trinajstić information content (AvgIpc) is 2.64. The van der Waals surface area contributed by atoms with Crippen molar-refractivity contribution in [2.75, 3.05) is 25.0 Å². The van der Waals surface area contributed by atoms with E-state index in [1.165, 1.54) is 0 Å². The summed E-state index contributed by atoms with van der Waals surface area (Å²) >= 11 is 0. The predicted molar refractivity (Wildman–Crippen MR) is 99.6 cm³/mol. The van der Waals surface area contributed by atoms with Gasteiger partial charge >= 0.3 is 6.03 Å². The number of amides is 2. The van der Waals surface area contributed by atoms with Crippen LogP contribution in [0.25, 0.3) is 11.3 Å². The summed E-state index contributed by atoms with van der Waals surface area (Å²) in [5, 5.41) is 3.08. The second-order valence-corrected chi connectivity index (χ2v) is 6.98. The molecule has 2 bridgehead atoms. The van der Waals surface area contributed by atoms with Crippen LogP contribution < -0.4 is 5.32 Å². The van der Waals surface area contributed by atoms with Gasteiger partial charge in [0.25, 0.3) is 0 Å². The molecule has 2 unspecified atom stereocenters. The normalized spacial score (nSPS) is 22.4. The van der Waals surface area contributed by atoms with E-state index in [9.17, 15) is 4.79 Å². The monoisotopic (exact) mass is 336 g/mol. The van der Waals surface area contributed by atoms with Gasteiger partial charge < -0.3 is 10.2 Å². The maximum Gasteiger partial charge on any atom is 0.322 e. The van der Waals surface area contributed by atoms with E-state index in [2.05, 4.69) is 29.0 Å². The van der Waals surface area contributed by atoms with Gasteiger partial charge in [-0.15, -0.1) is 0 Å². The largest absolute Gasteiger partial charge is 0.322 e. The van der Waals surface area contributed by atoms with Crippen molar-refractivity contribution in [3.63, 3.8) is 0 Å². The first-order valence-electron chi connectivity index (χ1n) is 8.99. The van der Waals surface area contributed by atoms with E-state index < -0.39 is 0 Å². The molecule has 2 amide bonds. The highest BCUT2D eigenvalue weighted by Crippen LogP contribution is 2.33. The number of hydrogen-bond acceptors (Lipinski definition) is 3. The Morgan fingerprint density at radius 3 is 2.72 bits per heavy atom. The molecule has 0 radical (unpaired) electrons. The Kier molecular flexibility index (Phi) is 4.17. The van der Waals surface area contributed by atoms with E-state index in [1.807, 2.05) is 41.3 Å². The molecule has 0 aliphatic carbocycles. The highest BCUT2D eigenvalue weighted by atomic mass is 16.2. The standard InChI is InChI=1S/C20H24N4O/c1-3-23-12-16-11-17(13-23)24(16)20(25)22-15-8-7-14(2)18(10-15)19-6-4-5-9-21-19/h4-10,16-17H,3,11-13H2,1-2H3,(H,22,25). The number of fused-ring (bicyclic) bond motifs is 2. The molecular formula is C20H24N4O. The third kappa shape index (κ3) is 3.00.